The summed E-state index contributed by atoms with van der Waals surface area (Å²) in [6.45, 7) is 2.44. The van der Waals surface area contributed by atoms with E-state index in [-0.39, 0.29) is 30.1 Å². The number of H-pyrrole nitrogens is 1. The van der Waals surface area contributed by atoms with E-state index in [1.54, 1.807) is 30.1 Å². The summed E-state index contributed by atoms with van der Waals surface area (Å²) in [6.07, 6.45) is 0.454. The van der Waals surface area contributed by atoms with Gasteiger partial charge in [0.2, 0.25) is 5.91 Å². The zero-order valence-corrected chi connectivity index (χ0v) is 22.2. The normalized spacial score (nSPS) is 20.7. The molecule has 1 saturated heterocycles. The number of aromatic amines is 1. The van der Waals surface area contributed by atoms with Crippen LogP contribution in [0.25, 0.3) is 10.9 Å². The number of carbonyl (C=O) groups is 2. The third-order valence-corrected chi connectivity index (χ3v) is 8.19. The highest BCUT2D eigenvalue weighted by Crippen LogP contribution is 2.50. The lowest BCUT2D eigenvalue weighted by Gasteiger charge is -2.51. The minimum atomic E-state index is -1.21. The van der Waals surface area contributed by atoms with Crippen molar-refractivity contribution in [3.63, 3.8) is 0 Å². The van der Waals surface area contributed by atoms with Crippen molar-refractivity contribution >= 4 is 22.7 Å². The van der Waals surface area contributed by atoms with Crippen LogP contribution in [0.2, 0.25) is 0 Å². The smallest absolute Gasteiger partial charge is 0.254 e. The SMILES string of the molecule is COc1cccc(C2CN3C(=O)CN(CCc4cccc(F)c4)C(=O)C3(C)c3[nH]c4ccccc4c32)c1OC. The van der Waals surface area contributed by atoms with Crippen molar-refractivity contribution in [2.75, 3.05) is 33.9 Å². The molecule has 8 heteroatoms. The Morgan fingerprint density at radius 2 is 1.82 bits per heavy atom. The number of aromatic nitrogens is 1. The Bertz CT molecular complexity index is 1600. The highest BCUT2D eigenvalue weighted by molar-refractivity contribution is 6.01. The van der Waals surface area contributed by atoms with Crippen LogP contribution in [-0.2, 0) is 21.5 Å². The molecule has 1 aromatic heterocycles. The fourth-order valence-electron chi connectivity index (χ4n) is 6.28. The van der Waals surface area contributed by atoms with Gasteiger partial charge in [-0.05, 0) is 48.7 Å². The van der Waals surface area contributed by atoms with Crippen LogP contribution in [0.15, 0.2) is 66.7 Å². The zero-order chi connectivity index (χ0) is 27.3. The second-order valence-corrected chi connectivity index (χ2v) is 10.3. The number of piperazine rings is 1. The van der Waals surface area contributed by atoms with Crippen LogP contribution in [0, 0.1) is 5.82 Å². The third kappa shape index (κ3) is 3.85. The Morgan fingerprint density at radius 1 is 1.03 bits per heavy atom. The molecule has 3 heterocycles. The lowest BCUT2D eigenvalue weighted by molar-refractivity contribution is -0.166. The molecule has 6 rings (SSSR count). The van der Waals surface area contributed by atoms with Gasteiger partial charge in [-0.3, -0.25) is 9.59 Å². The molecule has 3 aromatic carbocycles. The fourth-order valence-corrected chi connectivity index (χ4v) is 6.28. The predicted octanol–water partition coefficient (Wildman–Crippen LogP) is 4.60. The van der Waals surface area contributed by atoms with E-state index in [2.05, 4.69) is 4.98 Å². The summed E-state index contributed by atoms with van der Waals surface area (Å²) in [5, 5.41) is 1.00. The van der Waals surface area contributed by atoms with Gasteiger partial charge in [0, 0.05) is 35.5 Å². The van der Waals surface area contributed by atoms with Gasteiger partial charge in [0.05, 0.1) is 26.5 Å². The molecular weight excluding hydrogens is 497 g/mol. The predicted molar refractivity (Wildman–Crippen MR) is 145 cm³/mol. The van der Waals surface area contributed by atoms with E-state index < -0.39 is 5.54 Å². The molecule has 2 unspecified atom stereocenters. The summed E-state index contributed by atoms with van der Waals surface area (Å²) >= 11 is 0. The van der Waals surface area contributed by atoms with Crippen LogP contribution in [0.5, 0.6) is 11.5 Å². The van der Waals surface area contributed by atoms with Crippen molar-refractivity contribution in [2.45, 2.75) is 24.8 Å². The molecule has 200 valence electrons. The molecule has 4 aromatic rings. The summed E-state index contributed by atoms with van der Waals surface area (Å²) < 4.78 is 25.1. The van der Waals surface area contributed by atoms with Gasteiger partial charge in [-0.15, -0.1) is 0 Å². The topological polar surface area (TPSA) is 74.9 Å². The van der Waals surface area contributed by atoms with Gasteiger partial charge in [0.25, 0.3) is 5.91 Å². The molecule has 2 amide bonds. The van der Waals surface area contributed by atoms with Crippen LogP contribution in [0.4, 0.5) is 4.39 Å². The number of amides is 2. The zero-order valence-electron chi connectivity index (χ0n) is 22.2. The van der Waals surface area contributed by atoms with Gasteiger partial charge in [0.15, 0.2) is 17.0 Å². The van der Waals surface area contributed by atoms with Gasteiger partial charge in [-0.1, -0.05) is 42.5 Å². The molecular formula is C31H30FN3O4. The largest absolute Gasteiger partial charge is 0.493 e. The molecule has 1 N–H and O–H groups in total. The Labute approximate surface area is 226 Å². The standard InChI is InChI=1S/C31H30FN3O4/c1-31-29-27(22-10-4-5-12-24(22)33-29)23(21-11-7-13-25(38-2)28(21)39-3)17-35(31)26(36)18-34(30(31)37)15-14-19-8-6-9-20(32)16-19/h4-13,16,23,33H,14-15,17-18H2,1-3H3. The number of methoxy groups -OCH3 is 2. The summed E-state index contributed by atoms with van der Waals surface area (Å²) in [6, 6.07) is 20.0. The lowest BCUT2D eigenvalue weighted by atomic mass is 9.76. The van der Waals surface area contributed by atoms with Crippen molar-refractivity contribution in [3.05, 3.63) is 94.9 Å². The highest BCUT2D eigenvalue weighted by Gasteiger charge is 2.56. The van der Waals surface area contributed by atoms with Gasteiger partial charge in [-0.2, -0.15) is 0 Å². The first-order valence-corrected chi connectivity index (χ1v) is 13.0. The summed E-state index contributed by atoms with van der Waals surface area (Å²) in [5.41, 5.74) is 3.03. The van der Waals surface area contributed by atoms with Crippen LogP contribution >= 0.6 is 0 Å². The number of hydrogen-bond donors (Lipinski definition) is 1. The number of carbonyl (C=O) groups excluding carboxylic acids is 2. The Morgan fingerprint density at radius 3 is 2.59 bits per heavy atom. The van der Waals surface area contributed by atoms with Gasteiger partial charge in [0.1, 0.15) is 5.82 Å². The molecule has 39 heavy (non-hydrogen) atoms. The third-order valence-electron chi connectivity index (χ3n) is 8.19. The van der Waals surface area contributed by atoms with Crippen LogP contribution in [-0.4, -0.2) is 60.5 Å². The number of nitrogens with zero attached hydrogens (tertiary/aromatic N) is 2. The Kier molecular flexibility index (Phi) is 6.05. The first kappa shape index (κ1) is 25.0. The number of rotatable bonds is 6. The van der Waals surface area contributed by atoms with E-state index in [0.717, 1.165) is 27.6 Å². The quantitative estimate of drug-likeness (QED) is 0.398. The number of hydrogen-bond acceptors (Lipinski definition) is 4. The van der Waals surface area contributed by atoms with E-state index in [9.17, 15) is 14.0 Å². The number of para-hydroxylation sites is 2. The first-order valence-electron chi connectivity index (χ1n) is 13.0. The van der Waals surface area contributed by atoms with E-state index in [1.165, 1.54) is 12.1 Å². The number of ether oxygens (including phenoxy) is 2. The molecule has 7 nitrogen and oxygen atoms in total. The maximum Gasteiger partial charge on any atom is 0.254 e. The maximum absolute atomic E-state index is 14.2. The number of nitrogens with one attached hydrogen (secondary N) is 1. The monoisotopic (exact) mass is 527 g/mol. The number of halogens is 1. The van der Waals surface area contributed by atoms with E-state index in [0.29, 0.717) is 36.7 Å². The summed E-state index contributed by atoms with van der Waals surface area (Å²) in [4.78, 5) is 34.8. The molecule has 1 fully saturated rings. The first-order chi connectivity index (χ1) is 18.9. The Hall–Kier alpha value is -4.33. The van der Waals surface area contributed by atoms with Crippen molar-refractivity contribution in [3.8, 4) is 11.5 Å². The van der Waals surface area contributed by atoms with Crippen molar-refractivity contribution in [1.29, 1.82) is 0 Å². The minimum Gasteiger partial charge on any atom is -0.493 e. The van der Waals surface area contributed by atoms with Gasteiger partial charge >= 0.3 is 0 Å². The fraction of sp³-hybridized carbons (Fsp3) is 0.290. The maximum atomic E-state index is 14.2. The van der Waals surface area contributed by atoms with Crippen LogP contribution in [0.1, 0.15) is 35.2 Å². The average molecular weight is 528 g/mol. The van der Waals surface area contributed by atoms with Crippen molar-refractivity contribution < 1.29 is 23.5 Å². The molecule has 0 radical (unpaired) electrons. The summed E-state index contributed by atoms with van der Waals surface area (Å²) in [7, 11) is 3.21. The van der Waals surface area contributed by atoms with E-state index in [4.69, 9.17) is 9.47 Å². The second kappa shape index (κ2) is 9.45. The van der Waals surface area contributed by atoms with Gasteiger partial charge in [-0.25, -0.2) is 4.39 Å². The highest BCUT2D eigenvalue weighted by atomic mass is 19.1. The molecule has 2 aliphatic heterocycles. The minimum absolute atomic E-state index is 0.0265. The molecule has 0 aliphatic carbocycles. The summed E-state index contributed by atoms with van der Waals surface area (Å²) in [5.74, 6) is 0.368. The molecule has 0 spiro atoms. The van der Waals surface area contributed by atoms with E-state index in [1.807, 2.05) is 55.5 Å². The van der Waals surface area contributed by atoms with Crippen LogP contribution in [0.3, 0.4) is 0 Å². The molecule has 2 atom stereocenters. The van der Waals surface area contributed by atoms with Crippen molar-refractivity contribution in [1.82, 2.24) is 14.8 Å². The number of fused-ring (bicyclic) bond motifs is 5. The van der Waals surface area contributed by atoms with Crippen LogP contribution < -0.4 is 9.47 Å². The lowest BCUT2D eigenvalue weighted by Crippen LogP contribution is -2.67. The van der Waals surface area contributed by atoms with E-state index >= 15 is 0 Å². The molecule has 0 bridgehead atoms. The molecule has 2 aliphatic rings. The average Bonchev–Trinajstić information content (AvgIpc) is 3.35. The Balaban J connectivity index is 1.47. The second-order valence-electron chi connectivity index (χ2n) is 10.3. The molecule has 0 saturated carbocycles. The van der Waals surface area contributed by atoms with Gasteiger partial charge < -0.3 is 24.3 Å². The number of benzene rings is 3. The van der Waals surface area contributed by atoms with Crippen molar-refractivity contribution in [2.24, 2.45) is 0 Å².